The number of halogens is 1. The molecule has 0 aromatic heterocycles. The Morgan fingerprint density at radius 3 is 2.52 bits per heavy atom. The Morgan fingerprint density at radius 1 is 1.04 bits per heavy atom. The molecule has 1 aliphatic rings. The Labute approximate surface area is 143 Å². The summed E-state index contributed by atoms with van der Waals surface area (Å²) in [7, 11) is 0. The molecule has 0 spiro atoms. The Kier molecular flexibility index (Phi) is 3.50. The van der Waals surface area contributed by atoms with Crippen molar-refractivity contribution in [1.29, 1.82) is 0 Å². The minimum absolute atomic E-state index is 0.0988. The highest BCUT2D eigenvalue weighted by Crippen LogP contribution is 2.38. The summed E-state index contributed by atoms with van der Waals surface area (Å²) in [5.74, 6) is -1.17. The maximum atomic E-state index is 13.8. The summed E-state index contributed by atoms with van der Waals surface area (Å²) in [5, 5.41) is 4.36. The smallest absolute Gasteiger partial charge is 0.259 e. The summed E-state index contributed by atoms with van der Waals surface area (Å²) in [5.41, 5.74) is 1.38. The third kappa shape index (κ3) is 2.36. The number of carbonyl (C=O) groups is 2. The number of nitrogens with zero attached hydrogens (tertiary/aromatic N) is 1. The molecule has 0 fully saturated rings. The molecule has 0 aliphatic carbocycles. The Hall–Kier alpha value is -3.21. The van der Waals surface area contributed by atoms with Crippen molar-refractivity contribution in [3.8, 4) is 0 Å². The minimum Gasteiger partial charge on any atom is -0.322 e. The third-order valence-electron chi connectivity index (χ3n) is 4.49. The van der Waals surface area contributed by atoms with Gasteiger partial charge in [0, 0.05) is 10.9 Å². The number of carbonyl (C=O) groups excluding carboxylic acids is 2. The lowest BCUT2D eigenvalue weighted by molar-refractivity contribution is -0.117. The first-order chi connectivity index (χ1) is 12.1. The minimum atomic E-state index is -0.773. The van der Waals surface area contributed by atoms with Gasteiger partial charge in [-0.1, -0.05) is 36.4 Å². The predicted molar refractivity (Wildman–Crippen MR) is 95.2 cm³/mol. The third-order valence-corrected chi connectivity index (χ3v) is 4.49. The number of anilines is 2. The van der Waals surface area contributed by atoms with Crippen LogP contribution in [-0.4, -0.2) is 17.9 Å². The van der Waals surface area contributed by atoms with Crippen LogP contribution in [0.1, 0.15) is 17.3 Å². The second kappa shape index (κ2) is 5.70. The molecule has 4 rings (SSSR count). The van der Waals surface area contributed by atoms with Gasteiger partial charge in [-0.25, -0.2) is 4.39 Å². The van der Waals surface area contributed by atoms with Crippen molar-refractivity contribution in [2.45, 2.75) is 13.0 Å². The first-order valence-electron chi connectivity index (χ1n) is 7.98. The molecule has 1 N–H and O–H groups in total. The van der Waals surface area contributed by atoms with Gasteiger partial charge in [-0.15, -0.1) is 0 Å². The zero-order chi connectivity index (χ0) is 17.6. The lowest BCUT2D eigenvalue weighted by atomic mass is 10.1. The first-order valence-corrected chi connectivity index (χ1v) is 7.98. The molecule has 4 nitrogen and oxygen atoms in total. The van der Waals surface area contributed by atoms with Crippen molar-refractivity contribution in [2.24, 2.45) is 0 Å². The van der Waals surface area contributed by atoms with E-state index in [2.05, 4.69) is 5.32 Å². The van der Waals surface area contributed by atoms with Gasteiger partial charge >= 0.3 is 0 Å². The molecule has 0 bridgehead atoms. The maximum absolute atomic E-state index is 13.8. The van der Waals surface area contributed by atoms with Crippen LogP contribution >= 0.6 is 0 Å². The molecule has 2 amide bonds. The van der Waals surface area contributed by atoms with E-state index in [1.807, 2.05) is 30.3 Å². The molecule has 3 aromatic carbocycles. The average Bonchev–Trinajstić information content (AvgIpc) is 2.91. The van der Waals surface area contributed by atoms with E-state index in [9.17, 15) is 14.0 Å². The van der Waals surface area contributed by atoms with Crippen molar-refractivity contribution in [2.75, 3.05) is 10.2 Å². The van der Waals surface area contributed by atoms with Crippen molar-refractivity contribution in [1.82, 2.24) is 0 Å². The predicted octanol–water partition coefficient (Wildman–Crippen LogP) is 3.97. The molecule has 5 heteroatoms. The van der Waals surface area contributed by atoms with Crippen LogP contribution in [0.15, 0.2) is 60.7 Å². The molecule has 124 valence electrons. The van der Waals surface area contributed by atoms with E-state index in [1.54, 1.807) is 25.1 Å². The van der Waals surface area contributed by atoms with Crippen LogP contribution in [0.3, 0.4) is 0 Å². The van der Waals surface area contributed by atoms with Gasteiger partial charge in [0.15, 0.2) is 0 Å². The topological polar surface area (TPSA) is 49.4 Å². The van der Waals surface area contributed by atoms with Gasteiger partial charge in [0.1, 0.15) is 11.9 Å². The van der Waals surface area contributed by atoms with Gasteiger partial charge in [0.25, 0.3) is 5.91 Å². The molecule has 0 saturated heterocycles. The van der Waals surface area contributed by atoms with Gasteiger partial charge in [0.05, 0.1) is 11.4 Å². The normalized spacial score (nSPS) is 14.0. The van der Waals surface area contributed by atoms with Crippen LogP contribution in [0, 0.1) is 5.82 Å². The van der Waals surface area contributed by atoms with Crippen LogP contribution in [0.5, 0.6) is 0 Å². The van der Waals surface area contributed by atoms with E-state index >= 15 is 0 Å². The SMILES string of the molecule is C[C@@H](C(=O)Nc1ccccc1F)N1C(=O)c2cccc3cccc1c23. The van der Waals surface area contributed by atoms with E-state index in [-0.39, 0.29) is 11.6 Å². The van der Waals surface area contributed by atoms with E-state index in [1.165, 1.54) is 17.0 Å². The number of benzene rings is 3. The molecule has 0 radical (unpaired) electrons. The molecule has 1 aliphatic heterocycles. The van der Waals surface area contributed by atoms with E-state index < -0.39 is 17.8 Å². The Balaban J connectivity index is 1.69. The maximum Gasteiger partial charge on any atom is 0.259 e. The quantitative estimate of drug-likeness (QED) is 0.788. The summed E-state index contributed by atoms with van der Waals surface area (Å²) < 4.78 is 13.8. The zero-order valence-electron chi connectivity index (χ0n) is 13.5. The summed E-state index contributed by atoms with van der Waals surface area (Å²) in [4.78, 5) is 26.9. The lowest BCUT2D eigenvalue weighted by Gasteiger charge is -2.24. The van der Waals surface area contributed by atoms with Gasteiger partial charge in [0.2, 0.25) is 5.91 Å². The number of rotatable bonds is 3. The number of nitrogens with one attached hydrogen (secondary N) is 1. The second-order valence-corrected chi connectivity index (χ2v) is 6.00. The van der Waals surface area contributed by atoms with Crippen LogP contribution < -0.4 is 10.2 Å². The highest BCUT2D eigenvalue weighted by atomic mass is 19.1. The van der Waals surface area contributed by atoms with E-state index in [0.29, 0.717) is 11.3 Å². The van der Waals surface area contributed by atoms with Crippen molar-refractivity contribution >= 4 is 34.0 Å². The van der Waals surface area contributed by atoms with Gasteiger partial charge in [-0.05, 0) is 36.6 Å². The average molecular weight is 334 g/mol. The van der Waals surface area contributed by atoms with Crippen molar-refractivity contribution < 1.29 is 14.0 Å². The fourth-order valence-corrected chi connectivity index (χ4v) is 3.24. The van der Waals surface area contributed by atoms with Gasteiger partial charge in [-0.3, -0.25) is 14.5 Å². The summed E-state index contributed by atoms with van der Waals surface area (Å²) in [6.45, 7) is 1.64. The molecule has 1 atom stereocenters. The number of amides is 2. The van der Waals surface area contributed by atoms with Crippen molar-refractivity contribution in [3.05, 3.63) is 72.0 Å². The fourth-order valence-electron chi connectivity index (χ4n) is 3.24. The van der Waals surface area contributed by atoms with E-state index in [4.69, 9.17) is 0 Å². The van der Waals surface area contributed by atoms with Gasteiger partial charge in [-0.2, -0.15) is 0 Å². The Morgan fingerprint density at radius 2 is 1.76 bits per heavy atom. The largest absolute Gasteiger partial charge is 0.322 e. The van der Waals surface area contributed by atoms with Crippen LogP contribution in [0.25, 0.3) is 10.8 Å². The summed E-state index contributed by atoms with van der Waals surface area (Å²) in [6, 6.07) is 16.3. The van der Waals surface area contributed by atoms with Crippen LogP contribution in [0.2, 0.25) is 0 Å². The number of hydrogen-bond acceptors (Lipinski definition) is 2. The molecular weight excluding hydrogens is 319 g/mol. The highest BCUT2D eigenvalue weighted by molar-refractivity contribution is 6.26. The highest BCUT2D eigenvalue weighted by Gasteiger charge is 2.35. The summed E-state index contributed by atoms with van der Waals surface area (Å²) in [6.07, 6.45) is 0. The Bertz CT molecular complexity index is 1010. The van der Waals surface area contributed by atoms with Crippen LogP contribution in [-0.2, 0) is 4.79 Å². The monoisotopic (exact) mass is 334 g/mol. The first kappa shape index (κ1) is 15.3. The molecular formula is C20H15FN2O2. The number of hydrogen-bond donors (Lipinski definition) is 1. The van der Waals surface area contributed by atoms with E-state index in [0.717, 1.165) is 10.8 Å². The number of para-hydroxylation sites is 1. The zero-order valence-corrected chi connectivity index (χ0v) is 13.5. The standard InChI is InChI=1S/C20H15FN2O2/c1-12(19(24)22-16-10-3-2-9-15(16)21)23-17-11-5-7-13-6-4-8-14(18(13)17)20(23)25/h2-12H,1H3,(H,22,24)/t12-/m0/s1. The molecule has 3 aromatic rings. The second-order valence-electron chi connectivity index (χ2n) is 6.00. The summed E-state index contributed by atoms with van der Waals surface area (Å²) >= 11 is 0. The molecule has 25 heavy (non-hydrogen) atoms. The molecule has 0 unspecified atom stereocenters. The fraction of sp³-hybridized carbons (Fsp3) is 0.100. The van der Waals surface area contributed by atoms with Crippen molar-refractivity contribution in [3.63, 3.8) is 0 Å². The van der Waals surface area contributed by atoms with Crippen LogP contribution in [0.4, 0.5) is 15.8 Å². The molecule has 0 saturated carbocycles. The molecule has 1 heterocycles. The lowest BCUT2D eigenvalue weighted by Crippen LogP contribution is -2.44. The van der Waals surface area contributed by atoms with Gasteiger partial charge < -0.3 is 5.32 Å².